The molecule has 0 aromatic heterocycles. The molecule has 0 heterocycles. The van der Waals surface area contributed by atoms with Crippen molar-refractivity contribution in [1.82, 2.24) is 4.90 Å². The molecule has 4 nitrogen and oxygen atoms in total. The number of carbonyl (C=O) groups excluding carboxylic acids is 2. The highest BCUT2D eigenvalue weighted by molar-refractivity contribution is 5.85. The summed E-state index contributed by atoms with van der Waals surface area (Å²) in [6.45, 7) is 0.289. The topological polar surface area (TPSA) is 63.4 Å². The summed E-state index contributed by atoms with van der Waals surface area (Å²) in [5, 5.41) is 0. The zero-order valence-corrected chi connectivity index (χ0v) is 5.33. The van der Waals surface area contributed by atoms with E-state index in [0.29, 0.717) is 6.41 Å². The Labute approximate surface area is 53.6 Å². The van der Waals surface area contributed by atoms with Gasteiger partial charge in [-0.25, -0.2) is 0 Å². The van der Waals surface area contributed by atoms with Crippen LogP contribution >= 0.6 is 0 Å². The lowest BCUT2D eigenvalue weighted by atomic mass is 10.4. The highest BCUT2D eigenvalue weighted by Crippen LogP contribution is 1.82. The summed E-state index contributed by atoms with van der Waals surface area (Å²) in [6, 6.07) is 0. The van der Waals surface area contributed by atoms with Crippen LogP contribution in [0.2, 0.25) is 0 Å². The van der Waals surface area contributed by atoms with E-state index in [1.54, 1.807) is 0 Å². The van der Waals surface area contributed by atoms with E-state index in [1.165, 1.54) is 7.05 Å². The maximum Gasteiger partial charge on any atom is 0.229 e. The molecule has 0 aliphatic heterocycles. The van der Waals surface area contributed by atoms with E-state index in [4.69, 9.17) is 5.73 Å². The third-order valence-corrected chi connectivity index (χ3v) is 0.910. The Kier molecular flexibility index (Phi) is 3.62. The number of nitrogens with two attached hydrogens (primary N) is 1. The van der Waals surface area contributed by atoms with Crippen LogP contribution in [0.4, 0.5) is 0 Å². The number of imide groups is 1. The minimum absolute atomic E-state index is 0.231. The van der Waals surface area contributed by atoms with Crippen LogP contribution in [0, 0.1) is 0 Å². The number of nitrogens with zero attached hydrogens (tertiary/aromatic N) is 1. The molecule has 0 aromatic rings. The predicted molar refractivity (Wildman–Crippen MR) is 32.5 cm³/mol. The monoisotopic (exact) mass is 130 g/mol. The lowest BCUT2D eigenvalue weighted by Gasteiger charge is -2.05. The fraction of sp³-hybridized carbons (Fsp3) is 0.600. The van der Waals surface area contributed by atoms with Gasteiger partial charge in [0.25, 0.3) is 0 Å². The summed E-state index contributed by atoms with van der Waals surface area (Å²) in [4.78, 5) is 21.5. The van der Waals surface area contributed by atoms with E-state index in [1.807, 2.05) is 0 Å². The summed E-state index contributed by atoms with van der Waals surface area (Å²) in [5.74, 6) is -0.243. The Morgan fingerprint density at radius 3 is 2.67 bits per heavy atom. The van der Waals surface area contributed by atoms with Gasteiger partial charge in [-0.1, -0.05) is 0 Å². The number of hydrogen-bond acceptors (Lipinski definition) is 3. The standard InChI is InChI=1S/C5H10N2O2/c1-7(4-8)5(9)2-3-6/h4H,2-3,6H2,1H3. The van der Waals surface area contributed by atoms with Crippen molar-refractivity contribution in [2.24, 2.45) is 5.73 Å². The van der Waals surface area contributed by atoms with Crippen molar-refractivity contribution in [1.29, 1.82) is 0 Å². The van der Waals surface area contributed by atoms with E-state index in [2.05, 4.69) is 0 Å². The van der Waals surface area contributed by atoms with Gasteiger partial charge in [-0.15, -0.1) is 0 Å². The molecule has 0 aliphatic carbocycles. The van der Waals surface area contributed by atoms with Crippen LogP contribution in [0.25, 0.3) is 0 Å². The average molecular weight is 130 g/mol. The molecule has 0 aromatic carbocycles. The second-order valence-corrected chi connectivity index (χ2v) is 1.65. The normalized spacial score (nSPS) is 8.67. The number of hydrogen-bond donors (Lipinski definition) is 1. The average Bonchev–Trinajstić information content (AvgIpc) is 1.87. The zero-order chi connectivity index (χ0) is 7.28. The summed E-state index contributed by atoms with van der Waals surface area (Å²) < 4.78 is 0. The molecule has 9 heavy (non-hydrogen) atoms. The smallest absolute Gasteiger partial charge is 0.229 e. The maximum absolute atomic E-state index is 10.6. The molecule has 0 spiro atoms. The van der Waals surface area contributed by atoms with Gasteiger partial charge in [0.05, 0.1) is 0 Å². The summed E-state index contributed by atoms with van der Waals surface area (Å²) in [5.41, 5.74) is 5.06. The summed E-state index contributed by atoms with van der Waals surface area (Å²) in [6.07, 6.45) is 0.702. The van der Waals surface area contributed by atoms with Gasteiger partial charge in [0, 0.05) is 20.0 Å². The third kappa shape index (κ3) is 2.81. The maximum atomic E-state index is 10.6. The molecule has 52 valence electrons. The predicted octanol–water partition coefficient (Wildman–Crippen LogP) is -1.05. The van der Waals surface area contributed by atoms with Crippen molar-refractivity contribution in [3.63, 3.8) is 0 Å². The largest absolute Gasteiger partial charge is 0.330 e. The van der Waals surface area contributed by atoms with Gasteiger partial charge in [0.2, 0.25) is 12.3 Å². The van der Waals surface area contributed by atoms with E-state index in [-0.39, 0.29) is 18.9 Å². The van der Waals surface area contributed by atoms with Crippen LogP contribution in [0.1, 0.15) is 6.42 Å². The van der Waals surface area contributed by atoms with E-state index < -0.39 is 0 Å². The van der Waals surface area contributed by atoms with Crippen LogP contribution in [-0.2, 0) is 9.59 Å². The lowest BCUT2D eigenvalue weighted by Crippen LogP contribution is -2.26. The Hall–Kier alpha value is -0.900. The molecule has 0 rings (SSSR count). The van der Waals surface area contributed by atoms with Gasteiger partial charge in [-0.05, 0) is 0 Å². The van der Waals surface area contributed by atoms with Crippen LogP contribution < -0.4 is 5.73 Å². The van der Waals surface area contributed by atoms with Gasteiger partial charge < -0.3 is 5.73 Å². The first kappa shape index (κ1) is 8.10. The second kappa shape index (κ2) is 4.03. The molecule has 0 radical (unpaired) electrons. The molecular weight excluding hydrogens is 120 g/mol. The molecule has 0 atom stereocenters. The first-order chi connectivity index (χ1) is 4.22. The van der Waals surface area contributed by atoms with E-state index in [0.717, 1.165) is 4.90 Å². The van der Waals surface area contributed by atoms with Crippen molar-refractivity contribution < 1.29 is 9.59 Å². The molecule has 4 heteroatoms. The molecule has 0 unspecified atom stereocenters. The van der Waals surface area contributed by atoms with Crippen LogP contribution in [-0.4, -0.2) is 30.8 Å². The summed E-state index contributed by atoms with van der Waals surface area (Å²) in [7, 11) is 1.41. The van der Waals surface area contributed by atoms with Crippen molar-refractivity contribution in [3.8, 4) is 0 Å². The molecular formula is C5H10N2O2. The van der Waals surface area contributed by atoms with E-state index >= 15 is 0 Å². The molecule has 0 saturated carbocycles. The molecule has 2 N–H and O–H groups in total. The molecule has 2 amide bonds. The van der Waals surface area contributed by atoms with Crippen molar-refractivity contribution in [2.75, 3.05) is 13.6 Å². The van der Waals surface area contributed by atoms with Crippen LogP contribution in [0.5, 0.6) is 0 Å². The van der Waals surface area contributed by atoms with Crippen molar-refractivity contribution in [3.05, 3.63) is 0 Å². The Morgan fingerprint density at radius 2 is 2.33 bits per heavy atom. The Balaban J connectivity index is 3.58. The number of amides is 2. The van der Waals surface area contributed by atoms with E-state index in [9.17, 15) is 9.59 Å². The van der Waals surface area contributed by atoms with Gasteiger partial charge in [-0.2, -0.15) is 0 Å². The highest BCUT2D eigenvalue weighted by atomic mass is 16.2. The molecule has 0 fully saturated rings. The number of carbonyl (C=O) groups is 2. The third-order valence-electron chi connectivity index (χ3n) is 0.910. The minimum atomic E-state index is -0.243. The first-order valence-corrected chi connectivity index (χ1v) is 2.63. The van der Waals surface area contributed by atoms with Crippen molar-refractivity contribution in [2.45, 2.75) is 6.42 Å². The SMILES string of the molecule is CN(C=O)C(=O)CCN. The first-order valence-electron chi connectivity index (χ1n) is 2.63. The molecule has 0 saturated heterocycles. The van der Waals surface area contributed by atoms with Gasteiger partial charge in [0.1, 0.15) is 0 Å². The Bertz CT molecular complexity index is 114. The fourth-order valence-corrected chi connectivity index (χ4v) is 0.359. The van der Waals surface area contributed by atoms with Crippen LogP contribution in [0.3, 0.4) is 0 Å². The molecule has 0 aliphatic rings. The quantitative estimate of drug-likeness (QED) is 0.496. The van der Waals surface area contributed by atoms with Gasteiger partial charge in [0.15, 0.2) is 0 Å². The second-order valence-electron chi connectivity index (χ2n) is 1.65. The minimum Gasteiger partial charge on any atom is -0.330 e. The van der Waals surface area contributed by atoms with Crippen LogP contribution in [0.15, 0.2) is 0 Å². The fourth-order valence-electron chi connectivity index (χ4n) is 0.359. The number of rotatable bonds is 3. The highest BCUT2D eigenvalue weighted by Gasteiger charge is 2.03. The van der Waals surface area contributed by atoms with Gasteiger partial charge >= 0.3 is 0 Å². The van der Waals surface area contributed by atoms with Crippen molar-refractivity contribution >= 4 is 12.3 Å². The lowest BCUT2D eigenvalue weighted by molar-refractivity contribution is -0.136. The zero-order valence-electron chi connectivity index (χ0n) is 5.33. The van der Waals surface area contributed by atoms with Gasteiger partial charge in [-0.3, -0.25) is 14.5 Å². The summed E-state index contributed by atoms with van der Waals surface area (Å²) >= 11 is 0. The molecule has 0 bridgehead atoms. The Morgan fingerprint density at radius 1 is 1.78 bits per heavy atom.